The number of benzene rings is 1. The summed E-state index contributed by atoms with van der Waals surface area (Å²) in [5.74, 6) is -0.992. The topological polar surface area (TPSA) is 107 Å². The van der Waals surface area contributed by atoms with E-state index < -0.39 is 16.9 Å². The van der Waals surface area contributed by atoms with Crippen molar-refractivity contribution in [1.29, 1.82) is 5.26 Å². The molecule has 7 heteroatoms. The molecule has 21 heavy (non-hydrogen) atoms. The first-order chi connectivity index (χ1) is 10.0. The second kappa shape index (κ2) is 6.22. The second-order valence-electron chi connectivity index (χ2n) is 4.97. The Labute approximate surface area is 121 Å². The zero-order valence-electron chi connectivity index (χ0n) is 11.4. The van der Waals surface area contributed by atoms with Gasteiger partial charge in [-0.15, -0.1) is 0 Å². The molecule has 1 unspecified atom stereocenters. The van der Waals surface area contributed by atoms with Crippen LogP contribution in [0.25, 0.3) is 0 Å². The molecule has 1 aliphatic rings. The van der Waals surface area contributed by atoms with Crippen molar-refractivity contribution in [3.05, 3.63) is 33.9 Å². The molecule has 0 amide bonds. The maximum absolute atomic E-state index is 11.4. The summed E-state index contributed by atoms with van der Waals surface area (Å²) < 4.78 is 0. The van der Waals surface area contributed by atoms with Crippen molar-refractivity contribution < 1.29 is 14.8 Å². The molecule has 1 saturated heterocycles. The van der Waals surface area contributed by atoms with Crippen LogP contribution in [-0.4, -0.2) is 28.6 Å². The molecule has 0 bridgehead atoms. The van der Waals surface area contributed by atoms with Crippen LogP contribution in [0.15, 0.2) is 18.2 Å². The van der Waals surface area contributed by atoms with Gasteiger partial charge in [0.05, 0.1) is 16.6 Å². The summed E-state index contributed by atoms with van der Waals surface area (Å²) in [5, 5.41) is 29.5. The van der Waals surface area contributed by atoms with E-state index in [1.165, 1.54) is 18.2 Å². The van der Waals surface area contributed by atoms with Gasteiger partial charge in [0, 0.05) is 12.6 Å². The van der Waals surface area contributed by atoms with Gasteiger partial charge in [-0.05, 0) is 25.0 Å². The summed E-state index contributed by atoms with van der Waals surface area (Å²) in [6.07, 6.45) is 2.90. The number of hydrogen-bond donors (Lipinski definition) is 1. The van der Waals surface area contributed by atoms with Crippen LogP contribution in [0.5, 0.6) is 0 Å². The highest BCUT2D eigenvalue weighted by Crippen LogP contribution is 2.33. The molecule has 1 atom stereocenters. The van der Waals surface area contributed by atoms with Crippen LogP contribution in [0, 0.1) is 21.4 Å². The minimum atomic E-state index is -0.992. The molecule has 0 spiro atoms. The monoisotopic (exact) mass is 289 g/mol. The van der Waals surface area contributed by atoms with Gasteiger partial charge in [0.1, 0.15) is 11.7 Å². The standard InChI is InChI=1S/C14H15N3O4/c15-9-10-5-6-11(17(20)21)13(8-10)16-7-3-1-2-4-12(16)14(18)19/h5-6,8,12H,1-4,7H2,(H,18,19). The lowest BCUT2D eigenvalue weighted by molar-refractivity contribution is -0.384. The van der Waals surface area contributed by atoms with Crippen molar-refractivity contribution in [1.82, 2.24) is 0 Å². The Bertz CT molecular complexity index is 609. The van der Waals surface area contributed by atoms with Crippen molar-refractivity contribution in [3.63, 3.8) is 0 Å². The molecule has 1 aromatic rings. The maximum atomic E-state index is 11.4. The molecular weight excluding hydrogens is 274 g/mol. The normalized spacial score (nSPS) is 18.6. The highest BCUT2D eigenvalue weighted by Gasteiger charge is 2.31. The lowest BCUT2D eigenvalue weighted by atomic mass is 10.1. The molecular formula is C14H15N3O4. The summed E-state index contributed by atoms with van der Waals surface area (Å²) in [6.45, 7) is 0.437. The van der Waals surface area contributed by atoms with E-state index in [4.69, 9.17) is 5.26 Å². The molecule has 1 aliphatic heterocycles. The summed E-state index contributed by atoms with van der Waals surface area (Å²) in [6, 6.07) is 5.18. The average Bonchev–Trinajstić information content (AvgIpc) is 2.72. The highest BCUT2D eigenvalue weighted by atomic mass is 16.6. The van der Waals surface area contributed by atoms with Crippen molar-refractivity contribution >= 4 is 17.3 Å². The number of nitrogens with zero attached hydrogens (tertiary/aromatic N) is 3. The van der Waals surface area contributed by atoms with Gasteiger partial charge in [-0.1, -0.05) is 12.8 Å². The van der Waals surface area contributed by atoms with Gasteiger partial charge in [-0.25, -0.2) is 4.79 Å². The molecule has 1 heterocycles. The maximum Gasteiger partial charge on any atom is 0.326 e. The number of nitriles is 1. The van der Waals surface area contributed by atoms with Crippen LogP contribution < -0.4 is 4.90 Å². The largest absolute Gasteiger partial charge is 0.480 e. The lowest BCUT2D eigenvalue weighted by Crippen LogP contribution is -2.41. The van der Waals surface area contributed by atoms with E-state index in [1.54, 1.807) is 4.90 Å². The smallest absolute Gasteiger partial charge is 0.326 e. The molecule has 1 fully saturated rings. The molecule has 0 saturated carbocycles. The summed E-state index contributed by atoms with van der Waals surface area (Å²) >= 11 is 0. The van der Waals surface area contributed by atoms with E-state index in [1.807, 2.05) is 6.07 Å². The molecule has 1 N–H and O–H groups in total. The Balaban J connectivity index is 2.52. The molecule has 110 valence electrons. The predicted molar refractivity (Wildman–Crippen MR) is 75.0 cm³/mol. The minimum absolute atomic E-state index is 0.165. The molecule has 0 aliphatic carbocycles. The number of hydrogen-bond acceptors (Lipinski definition) is 5. The third kappa shape index (κ3) is 3.11. The van der Waals surface area contributed by atoms with Crippen LogP contribution in [0.2, 0.25) is 0 Å². The van der Waals surface area contributed by atoms with Gasteiger partial charge in [0.25, 0.3) is 5.69 Å². The number of rotatable bonds is 3. The Hall–Kier alpha value is -2.62. The number of anilines is 1. The Morgan fingerprint density at radius 2 is 2.19 bits per heavy atom. The van der Waals surface area contributed by atoms with Gasteiger partial charge >= 0.3 is 5.97 Å². The van der Waals surface area contributed by atoms with Gasteiger partial charge in [0.15, 0.2) is 0 Å². The van der Waals surface area contributed by atoms with Gasteiger partial charge < -0.3 is 10.0 Å². The zero-order valence-corrected chi connectivity index (χ0v) is 11.4. The molecule has 7 nitrogen and oxygen atoms in total. The van der Waals surface area contributed by atoms with E-state index in [9.17, 15) is 20.0 Å². The van der Waals surface area contributed by atoms with Gasteiger partial charge in [-0.3, -0.25) is 10.1 Å². The number of aliphatic carboxylic acids is 1. The third-order valence-electron chi connectivity index (χ3n) is 3.65. The van der Waals surface area contributed by atoms with Crippen LogP contribution in [0.3, 0.4) is 0 Å². The third-order valence-corrected chi connectivity index (χ3v) is 3.65. The van der Waals surface area contributed by atoms with E-state index in [0.717, 1.165) is 19.3 Å². The summed E-state index contributed by atoms with van der Waals surface area (Å²) in [5.41, 5.74) is 0.333. The zero-order chi connectivity index (χ0) is 15.4. The number of carbonyl (C=O) groups is 1. The van der Waals surface area contributed by atoms with Gasteiger partial charge in [-0.2, -0.15) is 5.26 Å². The van der Waals surface area contributed by atoms with Crippen LogP contribution in [0.4, 0.5) is 11.4 Å². The number of nitro benzene ring substituents is 1. The second-order valence-corrected chi connectivity index (χ2v) is 4.97. The first-order valence-electron chi connectivity index (χ1n) is 6.72. The van der Waals surface area contributed by atoms with Crippen LogP contribution >= 0.6 is 0 Å². The SMILES string of the molecule is N#Cc1ccc([N+](=O)[O-])c(N2CCCCCC2C(=O)O)c1. The number of carboxylic acids is 1. The fourth-order valence-electron chi connectivity index (χ4n) is 2.63. The quantitative estimate of drug-likeness (QED) is 0.675. The van der Waals surface area contributed by atoms with E-state index >= 15 is 0 Å². The predicted octanol–water partition coefficient (Wildman–Crippen LogP) is 2.30. The lowest BCUT2D eigenvalue weighted by Gasteiger charge is -2.28. The number of carboxylic acid groups (broad SMARTS) is 1. The Kier molecular flexibility index (Phi) is 4.38. The van der Waals surface area contributed by atoms with Crippen molar-refractivity contribution in [2.24, 2.45) is 0 Å². The molecule has 2 rings (SSSR count). The minimum Gasteiger partial charge on any atom is -0.480 e. The van der Waals surface area contributed by atoms with E-state index in [-0.39, 0.29) is 16.9 Å². The molecule has 0 aromatic heterocycles. The van der Waals surface area contributed by atoms with Gasteiger partial charge in [0.2, 0.25) is 0 Å². The Morgan fingerprint density at radius 1 is 1.43 bits per heavy atom. The van der Waals surface area contributed by atoms with E-state index in [2.05, 4.69) is 0 Å². The Morgan fingerprint density at radius 3 is 2.81 bits per heavy atom. The first-order valence-corrected chi connectivity index (χ1v) is 6.72. The molecule has 1 aromatic carbocycles. The molecule has 0 radical (unpaired) electrons. The average molecular weight is 289 g/mol. The first kappa shape index (κ1) is 14.8. The highest BCUT2D eigenvalue weighted by molar-refractivity contribution is 5.80. The van der Waals surface area contributed by atoms with Crippen LogP contribution in [-0.2, 0) is 4.79 Å². The number of nitro groups is 1. The fourth-order valence-corrected chi connectivity index (χ4v) is 2.63. The van der Waals surface area contributed by atoms with Crippen LogP contribution in [0.1, 0.15) is 31.2 Å². The summed E-state index contributed by atoms with van der Waals surface area (Å²) in [7, 11) is 0. The van der Waals surface area contributed by atoms with Crippen molar-refractivity contribution in [3.8, 4) is 6.07 Å². The fraction of sp³-hybridized carbons (Fsp3) is 0.429. The van der Waals surface area contributed by atoms with E-state index in [0.29, 0.717) is 13.0 Å². The van der Waals surface area contributed by atoms with Crippen molar-refractivity contribution in [2.45, 2.75) is 31.7 Å². The van der Waals surface area contributed by atoms with Crippen molar-refractivity contribution in [2.75, 3.05) is 11.4 Å². The summed E-state index contributed by atoms with van der Waals surface area (Å²) in [4.78, 5) is 23.6.